The number of hydrogen-bond acceptors (Lipinski definition) is 1. The van der Waals surface area contributed by atoms with Crippen LogP contribution in [0.2, 0.25) is 0 Å². The van der Waals surface area contributed by atoms with E-state index in [1.54, 1.807) is 0 Å². The first-order valence-electron chi connectivity index (χ1n) is 0.781. The van der Waals surface area contributed by atoms with Crippen molar-refractivity contribution in [1.29, 1.82) is 0 Å². The van der Waals surface area contributed by atoms with Crippen molar-refractivity contribution in [2.24, 2.45) is 0 Å². The number of hydrogen-bond donors (Lipinski definition) is 1. The molecule has 0 heterocycles. The van der Waals surface area contributed by atoms with Gasteiger partial charge in [-0.15, -0.1) is 0 Å². The number of carbonyl (C=O) groups is 1. The summed E-state index contributed by atoms with van der Waals surface area (Å²) in [7, 11) is 0. The van der Waals surface area contributed by atoms with Crippen LogP contribution in [0.4, 0.5) is 0 Å². The van der Waals surface area contributed by atoms with E-state index in [0.29, 0.717) is 0 Å². The molecular weight excluding hydrogens is 95.1 g/mol. The standard InChI is InChI=1S/C2H3O2.K.H/c1-2(3)4;;/h1H2,(H,3,4);;. The third kappa shape index (κ3) is 40.3. The summed E-state index contributed by atoms with van der Waals surface area (Å²) >= 11 is 0. The first kappa shape index (κ1) is 9.44. The predicted octanol–water partition coefficient (Wildman–Crippen LogP) is -0.743. The summed E-state index contributed by atoms with van der Waals surface area (Å²) in [5.74, 6) is -1.08. The molecule has 5 heavy (non-hydrogen) atoms. The maximum atomic E-state index is 8.89. The average Bonchev–Trinajstić information content (AvgIpc) is 0.811. The molecule has 0 saturated heterocycles. The Hall–Kier alpha value is 1.11. The Balaban J connectivity index is 0. The molecule has 0 rings (SSSR count). The van der Waals surface area contributed by atoms with Crippen LogP contribution < -0.4 is 0 Å². The minimum absolute atomic E-state index is 0. The van der Waals surface area contributed by atoms with Crippen LogP contribution in [-0.4, -0.2) is 62.5 Å². The Kier molecular flexibility index (Phi) is 9.64. The topological polar surface area (TPSA) is 37.3 Å². The second kappa shape index (κ2) is 5.11. The van der Waals surface area contributed by atoms with Gasteiger partial charge < -0.3 is 5.11 Å². The Morgan fingerprint density at radius 1 is 1.80 bits per heavy atom. The van der Waals surface area contributed by atoms with Gasteiger partial charge in [-0.05, 0) is 0 Å². The van der Waals surface area contributed by atoms with Crippen molar-refractivity contribution in [3.63, 3.8) is 0 Å². The van der Waals surface area contributed by atoms with Gasteiger partial charge in [-0.1, -0.05) is 0 Å². The molecule has 25 valence electrons. The van der Waals surface area contributed by atoms with E-state index < -0.39 is 5.97 Å². The van der Waals surface area contributed by atoms with Gasteiger partial charge in [0.2, 0.25) is 0 Å². The Bertz CT molecular complexity index is 30.6. The van der Waals surface area contributed by atoms with Crippen molar-refractivity contribution in [3.05, 3.63) is 6.92 Å². The summed E-state index contributed by atoms with van der Waals surface area (Å²) in [6, 6.07) is 0. The van der Waals surface area contributed by atoms with E-state index in [2.05, 4.69) is 6.92 Å². The molecule has 0 aromatic carbocycles. The molecule has 0 saturated carbocycles. The van der Waals surface area contributed by atoms with Crippen LogP contribution in [0.1, 0.15) is 0 Å². The molecule has 0 fully saturated rings. The normalized spacial score (nSPS) is 5.00. The van der Waals surface area contributed by atoms with E-state index in [4.69, 9.17) is 9.90 Å². The number of rotatable bonds is 0. The molecule has 0 atom stereocenters. The molecule has 0 amide bonds. The summed E-state index contributed by atoms with van der Waals surface area (Å²) in [4.78, 5) is 8.89. The van der Waals surface area contributed by atoms with E-state index in [1.165, 1.54) is 0 Å². The molecule has 0 aromatic rings. The van der Waals surface area contributed by atoms with Crippen molar-refractivity contribution in [3.8, 4) is 0 Å². The van der Waals surface area contributed by atoms with Crippen LogP contribution in [0.5, 0.6) is 0 Å². The van der Waals surface area contributed by atoms with E-state index in [9.17, 15) is 0 Å². The van der Waals surface area contributed by atoms with Gasteiger partial charge in [-0.2, -0.15) is 0 Å². The van der Waals surface area contributed by atoms with Gasteiger partial charge in [0.15, 0.2) is 0 Å². The molecule has 3 heteroatoms. The summed E-state index contributed by atoms with van der Waals surface area (Å²) in [6.07, 6.45) is 0. The van der Waals surface area contributed by atoms with Crippen molar-refractivity contribution >= 4 is 57.4 Å². The van der Waals surface area contributed by atoms with Gasteiger partial charge in [-0.3, -0.25) is 4.79 Å². The van der Waals surface area contributed by atoms with Crippen LogP contribution in [0.3, 0.4) is 0 Å². The number of carboxylic acid groups (broad SMARTS) is 1. The van der Waals surface area contributed by atoms with Crippen LogP contribution in [0.15, 0.2) is 0 Å². The summed E-state index contributed by atoms with van der Waals surface area (Å²) in [5, 5.41) is 7.31. The van der Waals surface area contributed by atoms with Crippen LogP contribution in [0.25, 0.3) is 0 Å². The quantitative estimate of drug-likeness (QED) is 0.406. The van der Waals surface area contributed by atoms with Gasteiger partial charge in [0.05, 0.1) is 6.92 Å². The molecule has 1 radical (unpaired) electrons. The molecule has 2 nitrogen and oxygen atoms in total. The van der Waals surface area contributed by atoms with Gasteiger partial charge in [0, 0.05) is 0 Å². The molecular formula is C2H4KO2. The second-order valence-corrected chi connectivity index (χ2v) is 0.394. The van der Waals surface area contributed by atoms with E-state index in [-0.39, 0.29) is 51.4 Å². The molecule has 0 spiro atoms. The third-order valence-corrected chi connectivity index (χ3v) is 0. The third-order valence-electron chi connectivity index (χ3n) is 0. The Morgan fingerprint density at radius 3 is 1.80 bits per heavy atom. The van der Waals surface area contributed by atoms with Crippen LogP contribution >= 0.6 is 0 Å². The maximum absolute atomic E-state index is 8.89. The fourth-order valence-electron chi connectivity index (χ4n) is 0. The van der Waals surface area contributed by atoms with Gasteiger partial charge >= 0.3 is 57.4 Å². The van der Waals surface area contributed by atoms with E-state index >= 15 is 0 Å². The van der Waals surface area contributed by atoms with Gasteiger partial charge in [0.1, 0.15) is 0 Å². The molecule has 0 aromatic heterocycles. The first-order valence-corrected chi connectivity index (χ1v) is 0.781. The van der Waals surface area contributed by atoms with Gasteiger partial charge in [0.25, 0.3) is 0 Å². The second-order valence-electron chi connectivity index (χ2n) is 0.394. The van der Waals surface area contributed by atoms with Crippen LogP contribution in [-0.2, 0) is 4.79 Å². The Morgan fingerprint density at radius 2 is 1.80 bits per heavy atom. The fourth-order valence-corrected chi connectivity index (χ4v) is 0. The SMILES string of the molecule is [CH2]C(=O)O.[KH]. The van der Waals surface area contributed by atoms with Crippen molar-refractivity contribution < 1.29 is 9.90 Å². The fraction of sp³-hybridized carbons (Fsp3) is 0. The molecule has 0 aliphatic carbocycles. The summed E-state index contributed by atoms with van der Waals surface area (Å²) in [5.41, 5.74) is 0. The minimum atomic E-state index is -1.08. The van der Waals surface area contributed by atoms with Crippen molar-refractivity contribution in [2.75, 3.05) is 0 Å². The summed E-state index contributed by atoms with van der Waals surface area (Å²) in [6.45, 7) is 2.56. The van der Waals surface area contributed by atoms with E-state index in [0.717, 1.165) is 0 Å². The molecule has 0 aliphatic heterocycles. The molecule has 0 aliphatic rings. The van der Waals surface area contributed by atoms with Crippen molar-refractivity contribution in [1.82, 2.24) is 0 Å². The molecule has 0 bridgehead atoms. The van der Waals surface area contributed by atoms with Gasteiger partial charge in [-0.25, -0.2) is 0 Å². The predicted molar refractivity (Wildman–Crippen MR) is 20.1 cm³/mol. The zero-order valence-electron chi connectivity index (χ0n) is 2.06. The molecule has 1 N–H and O–H groups in total. The zero-order valence-corrected chi connectivity index (χ0v) is 2.06. The summed E-state index contributed by atoms with van der Waals surface area (Å²) < 4.78 is 0. The van der Waals surface area contributed by atoms with E-state index in [1.807, 2.05) is 0 Å². The zero-order chi connectivity index (χ0) is 3.58. The van der Waals surface area contributed by atoms with Crippen LogP contribution in [0, 0.1) is 6.92 Å². The average molecular weight is 99.1 g/mol. The molecule has 0 unspecified atom stereocenters. The Labute approximate surface area is 73.0 Å². The van der Waals surface area contributed by atoms with Crippen molar-refractivity contribution in [2.45, 2.75) is 0 Å². The first-order chi connectivity index (χ1) is 1.73. The number of aliphatic carboxylic acids is 1. The number of carboxylic acids is 1. The monoisotopic (exact) mass is 99.0 g/mol.